The van der Waals surface area contributed by atoms with Crippen molar-refractivity contribution >= 4 is 11.8 Å². The number of amides is 2. The Morgan fingerprint density at radius 3 is 2.33 bits per heavy atom. The van der Waals surface area contributed by atoms with E-state index >= 15 is 0 Å². The molecule has 2 rings (SSSR count). The van der Waals surface area contributed by atoms with E-state index in [-0.39, 0.29) is 30.7 Å². The molecule has 0 fully saturated rings. The Bertz CT molecular complexity index is 735. The molecule has 0 aliphatic rings. The number of nitrogens with one attached hydrogen (secondary N) is 1. The Balaban J connectivity index is 1.90. The second-order valence-corrected chi connectivity index (χ2v) is 6.08. The number of ether oxygens (including phenoxy) is 1. The third-order valence-electron chi connectivity index (χ3n) is 4.10. The Hall–Kier alpha value is -2.89. The zero-order chi connectivity index (χ0) is 19.6. The van der Waals surface area contributed by atoms with E-state index in [2.05, 4.69) is 5.32 Å². The summed E-state index contributed by atoms with van der Waals surface area (Å²) in [7, 11) is 0. The Labute approximate surface area is 159 Å². The molecule has 5 nitrogen and oxygen atoms in total. The zero-order valence-electron chi connectivity index (χ0n) is 15.7. The molecule has 6 heteroatoms. The maximum Gasteiger partial charge on any atom is 0.264 e. The number of halogens is 1. The normalized spacial score (nSPS) is 11.5. The number of nitrogens with zero attached hydrogens (tertiary/aromatic N) is 1. The van der Waals surface area contributed by atoms with E-state index in [9.17, 15) is 14.0 Å². The lowest BCUT2D eigenvalue weighted by Gasteiger charge is -2.25. The minimum Gasteiger partial charge on any atom is -0.481 e. The fraction of sp³-hybridized carbons (Fsp3) is 0.333. The summed E-state index contributed by atoms with van der Waals surface area (Å²) in [5.74, 6) is -0.198. The molecular weight excluding hydrogens is 347 g/mol. The number of likely N-dealkylation sites (N-methyl/N-ethyl adjacent to an activating group) is 1. The first-order valence-electron chi connectivity index (χ1n) is 9.05. The molecule has 2 amide bonds. The Morgan fingerprint density at radius 2 is 1.74 bits per heavy atom. The summed E-state index contributed by atoms with van der Waals surface area (Å²) < 4.78 is 18.7. The van der Waals surface area contributed by atoms with Crippen LogP contribution in [0.1, 0.15) is 25.8 Å². The van der Waals surface area contributed by atoms with Gasteiger partial charge in [0.2, 0.25) is 5.91 Å². The number of benzene rings is 2. The van der Waals surface area contributed by atoms with Crippen molar-refractivity contribution in [2.75, 3.05) is 13.1 Å². The van der Waals surface area contributed by atoms with Gasteiger partial charge >= 0.3 is 0 Å². The third-order valence-corrected chi connectivity index (χ3v) is 4.10. The van der Waals surface area contributed by atoms with E-state index in [0.29, 0.717) is 18.7 Å². The predicted molar refractivity (Wildman–Crippen MR) is 102 cm³/mol. The Morgan fingerprint density at radius 1 is 1.07 bits per heavy atom. The van der Waals surface area contributed by atoms with Gasteiger partial charge in [-0.25, -0.2) is 4.39 Å². The van der Waals surface area contributed by atoms with Crippen molar-refractivity contribution in [3.05, 3.63) is 66.0 Å². The summed E-state index contributed by atoms with van der Waals surface area (Å²) >= 11 is 0. The molecule has 0 aromatic heterocycles. The highest BCUT2D eigenvalue weighted by molar-refractivity contribution is 5.87. The van der Waals surface area contributed by atoms with E-state index in [0.717, 1.165) is 5.56 Å². The smallest absolute Gasteiger partial charge is 0.264 e. The summed E-state index contributed by atoms with van der Waals surface area (Å²) in [6.45, 7) is 4.32. The van der Waals surface area contributed by atoms with Gasteiger partial charge in [-0.15, -0.1) is 0 Å². The van der Waals surface area contributed by atoms with E-state index in [4.69, 9.17) is 4.74 Å². The number of rotatable bonds is 9. The van der Waals surface area contributed by atoms with Crippen LogP contribution in [0.2, 0.25) is 0 Å². The minimum absolute atomic E-state index is 0.0504. The summed E-state index contributed by atoms with van der Waals surface area (Å²) in [6, 6.07) is 15.0. The van der Waals surface area contributed by atoms with Crippen molar-refractivity contribution < 1.29 is 18.7 Å². The van der Waals surface area contributed by atoms with Gasteiger partial charge in [0, 0.05) is 13.1 Å². The average molecular weight is 372 g/mol. The maximum absolute atomic E-state index is 12.9. The molecule has 0 aliphatic carbocycles. The van der Waals surface area contributed by atoms with Crippen molar-refractivity contribution in [2.45, 2.75) is 32.9 Å². The molecule has 0 aliphatic heterocycles. The van der Waals surface area contributed by atoms with Gasteiger partial charge in [-0.1, -0.05) is 37.3 Å². The van der Waals surface area contributed by atoms with Crippen LogP contribution in [-0.4, -0.2) is 35.9 Å². The van der Waals surface area contributed by atoms with Crippen LogP contribution in [0.25, 0.3) is 0 Å². The van der Waals surface area contributed by atoms with Crippen molar-refractivity contribution in [3.8, 4) is 5.75 Å². The third kappa shape index (κ3) is 6.40. The highest BCUT2D eigenvalue weighted by Crippen LogP contribution is 2.14. The van der Waals surface area contributed by atoms with Gasteiger partial charge in [0.05, 0.1) is 6.54 Å². The highest BCUT2D eigenvalue weighted by atomic mass is 19.1. The summed E-state index contributed by atoms with van der Waals surface area (Å²) in [4.78, 5) is 26.4. The monoisotopic (exact) mass is 372 g/mol. The highest BCUT2D eigenvalue weighted by Gasteiger charge is 2.25. The standard InChI is InChI=1S/C21H25FN2O3/c1-3-19(27-18-8-6-5-7-9-18)21(26)24(4-2)15-20(25)23-14-16-10-12-17(22)13-11-16/h5-13,19H,3-4,14-15H2,1-2H3,(H,23,25)/t19-/m0/s1. The lowest BCUT2D eigenvalue weighted by Crippen LogP contribution is -2.46. The fourth-order valence-electron chi connectivity index (χ4n) is 2.55. The first kappa shape index (κ1) is 20.4. The molecule has 0 radical (unpaired) electrons. The van der Waals surface area contributed by atoms with Gasteiger partial charge < -0.3 is 15.0 Å². The van der Waals surface area contributed by atoms with E-state index < -0.39 is 6.10 Å². The van der Waals surface area contributed by atoms with Crippen LogP contribution in [0.3, 0.4) is 0 Å². The molecule has 0 spiro atoms. The number of carbonyl (C=O) groups excluding carboxylic acids is 2. The van der Waals surface area contributed by atoms with Crippen LogP contribution in [0.5, 0.6) is 5.75 Å². The van der Waals surface area contributed by atoms with Gasteiger partial charge in [-0.2, -0.15) is 0 Å². The second-order valence-electron chi connectivity index (χ2n) is 6.08. The van der Waals surface area contributed by atoms with Gasteiger partial charge in [-0.05, 0) is 43.2 Å². The van der Waals surface area contributed by atoms with Crippen molar-refractivity contribution in [1.82, 2.24) is 10.2 Å². The van der Waals surface area contributed by atoms with E-state index in [1.54, 1.807) is 24.3 Å². The second kappa shape index (κ2) is 10.3. The zero-order valence-corrected chi connectivity index (χ0v) is 15.7. The molecule has 2 aromatic carbocycles. The predicted octanol–water partition coefficient (Wildman–Crippen LogP) is 3.15. The van der Waals surface area contributed by atoms with Gasteiger partial charge in [-0.3, -0.25) is 9.59 Å². The molecule has 0 saturated carbocycles. The SMILES string of the molecule is CC[C@H](Oc1ccccc1)C(=O)N(CC)CC(=O)NCc1ccc(F)cc1. The largest absolute Gasteiger partial charge is 0.481 e. The quantitative estimate of drug-likeness (QED) is 0.736. The van der Waals surface area contributed by atoms with Crippen molar-refractivity contribution in [2.24, 2.45) is 0 Å². The van der Waals surface area contributed by atoms with Crippen LogP contribution >= 0.6 is 0 Å². The number of hydrogen-bond donors (Lipinski definition) is 1. The topological polar surface area (TPSA) is 58.6 Å². The van der Waals surface area contributed by atoms with Crippen LogP contribution in [0.4, 0.5) is 4.39 Å². The fourth-order valence-corrected chi connectivity index (χ4v) is 2.55. The maximum atomic E-state index is 12.9. The molecule has 0 bridgehead atoms. The Kier molecular flexibility index (Phi) is 7.79. The molecule has 0 unspecified atom stereocenters. The summed E-state index contributed by atoms with van der Waals surface area (Å²) in [6.07, 6.45) is -0.140. The number of para-hydroxylation sites is 1. The average Bonchev–Trinajstić information content (AvgIpc) is 2.70. The van der Waals surface area contributed by atoms with Crippen LogP contribution in [0, 0.1) is 5.82 Å². The summed E-state index contributed by atoms with van der Waals surface area (Å²) in [5.41, 5.74) is 0.790. The van der Waals surface area contributed by atoms with Crippen molar-refractivity contribution in [3.63, 3.8) is 0 Å². The van der Waals surface area contributed by atoms with Crippen LogP contribution in [-0.2, 0) is 16.1 Å². The van der Waals surface area contributed by atoms with Crippen LogP contribution < -0.4 is 10.1 Å². The number of carbonyl (C=O) groups is 2. The molecule has 2 aromatic rings. The molecule has 0 saturated heterocycles. The molecule has 1 N–H and O–H groups in total. The van der Waals surface area contributed by atoms with Gasteiger partial charge in [0.1, 0.15) is 11.6 Å². The van der Waals surface area contributed by atoms with E-state index in [1.807, 2.05) is 32.0 Å². The van der Waals surface area contributed by atoms with Gasteiger partial charge in [0.15, 0.2) is 6.10 Å². The summed E-state index contributed by atoms with van der Waals surface area (Å²) in [5, 5.41) is 2.75. The molecular formula is C21H25FN2O3. The first-order valence-corrected chi connectivity index (χ1v) is 9.05. The van der Waals surface area contributed by atoms with Crippen LogP contribution in [0.15, 0.2) is 54.6 Å². The lowest BCUT2D eigenvalue weighted by atomic mass is 10.2. The van der Waals surface area contributed by atoms with Gasteiger partial charge in [0.25, 0.3) is 5.91 Å². The minimum atomic E-state index is -0.641. The van der Waals surface area contributed by atoms with E-state index in [1.165, 1.54) is 17.0 Å². The molecule has 1 atom stereocenters. The molecule has 27 heavy (non-hydrogen) atoms. The first-order chi connectivity index (χ1) is 13.0. The molecule has 144 valence electrons. The number of hydrogen-bond acceptors (Lipinski definition) is 3. The van der Waals surface area contributed by atoms with Crippen molar-refractivity contribution in [1.29, 1.82) is 0 Å². The lowest BCUT2D eigenvalue weighted by molar-refractivity contribution is -0.142. The molecule has 0 heterocycles.